The van der Waals surface area contributed by atoms with Gasteiger partial charge in [-0.05, 0) is 44.1 Å². The first-order chi connectivity index (χ1) is 9.72. The van der Waals surface area contributed by atoms with E-state index in [4.69, 9.17) is 4.74 Å². The fraction of sp³-hybridized carbons (Fsp3) is 0.625. The van der Waals surface area contributed by atoms with Crippen molar-refractivity contribution in [3.05, 3.63) is 34.3 Å². The monoisotopic (exact) mass is 340 g/mol. The van der Waals surface area contributed by atoms with Crippen LogP contribution in [0.4, 0.5) is 0 Å². The van der Waals surface area contributed by atoms with Gasteiger partial charge >= 0.3 is 0 Å². The van der Waals surface area contributed by atoms with Gasteiger partial charge in [0.05, 0.1) is 12.7 Å². The predicted molar refractivity (Wildman–Crippen MR) is 87.2 cm³/mol. The van der Waals surface area contributed by atoms with Crippen molar-refractivity contribution in [2.75, 3.05) is 33.3 Å². The molecular weight excluding hydrogens is 316 g/mol. The van der Waals surface area contributed by atoms with E-state index in [9.17, 15) is 0 Å². The molecule has 2 atom stereocenters. The van der Waals surface area contributed by atoms with E-state index in [1.54, 1.807) is 0 Å². The summed E-state index contributed by atoms with van der Waals surface area (Å²) in [6.45, 7) is 6.37. The van der Waals surface area contributed by atoms with E-state index >= 15 is 0 Å². The maximum Gasteiger partial charge on any atom is 0.0858 e. The molecule has 0 saturated carbocycles. The van der Waals surface area contributed by atoms with Crippen LogP contribution in [0.5, 0.6) is 0 Å². The molecular formula is C16H25BrN2O. The van der Waals surface area contributed by atoms with Gasteiger partial charge in [-0.2, -0.15) is 0 Å². The van der Waals surface area contributed by atoms with E-state index in [2.05, 4.69) is 57.3 Å². The number of morpholine rings is 1. The van der Waals surface area contributed by atoms with Crippen LogP contribution < -0.4 is 5.32 Å². The van der Waals surface area contributed by atoms with E-state index in [1.807, 2.05) is 7.05 Å². The SMILES string of the molecule is CCCN1CCOC(C(Cc2ccc(Br)cc2)NC)C1. The Morgan fingerprint density at radius 1 is 1.40 bits per heavy atom. The number of hydrogen-bond donors (Lipinski definition) is 1. The predicted octanol–water partition coefficient (Wildman–Crippen LogP) is 2.69. The molecule has 2 unspecified atom stereocenters. The molecule has 0 aliphatic carbocycles. The number of likely N-dealkylation sites (N-methyl/N-ethyl adjacent to an activating group) is 1. The lowest BCUT2D eigenvalue weighted by atomic mass is 10.00. The summed E-state index contributed by atoms with van der Waals surface area (Å²) < 4.78 is 7.12. The average molecular weight is 341 g/mol. The van der Waals surface area contributed by atoms with Crippen molar-refractivity contribution in [1.82, 2.24) is 10.2 Å². The molecule has 1 aromatic carbocycles. The fourth-order valence-corrected chi connectivity index (χ4v) is 3.05. The molecule has 2 rings (SSSR count). The van der Waals surface area contributed by atoms with Crippen LogP contribution in [-0.4, -0.2) is 50.3 Å². The quantitative estimate of drug-likeness (QED) is 0.861. The lowest BCUT2D eigenvalue weighted by Crippen LogP contribution is -2.52. The Hall–Kier alpha value is -0.420. The van der Waals surface area contributed by atoms with Gasteiger partial charge in [0.1, 0.15) is 0 Å². The van der Waals surface area contributed by atoms with Crippen molar-refractivity contribution < 1.29 is 4.74 Å². The number of nitrogens with zero attached hydrogens (tertiary/aromatic N) is 1. The van der Waals surface area contributed by atoms with Crippen LogP contribution in [0.3, 0.4) is 0 Å². The summed E-state index contributed by atoms with van der Waals surface area (Å²) >= 11 is 3.48. The topological polar surface area (TPSA) is 24.5 Å². The van der Waals surface area contributed by atoms with Gasteiger partial charge in [-0.15, -0.1) is 0 Å². The van der Waals surface area contributed by atoms with Crippen molar-refractivity contribution >= 4 is 15.9 Å². The molecule has 0 aromatic heterocycles. The first-order valence-corrected chi connectivity index (χ1v) is 8.28. The van der Waals surface area contributed by atoms with Crippen LogP contribution in [-0.2, 0) is 11.2 Å². The minimum absolute atomic E-state index is 0.281. The van der Waals surface area contributed by atoms with Gasteiger partial charge in [-0.3, -0.25) is 4.90 Å². The molecule has 1 heterocycles. The van der Waals surface area contributed by atoms with Gasteiger partial charge in [0, 0.05) is 23.6 Å². The van der Waals surface area contributed by atoms with Gasteiger partial charge in [-0.1, -0.05) is 35.0 Å². The first-order valence-electron chi connectivity index (χ1n) is 7.48. The fourth-order valence-electron chi connectivity index (χ4n) is 2.79. The molecule has 1 saturated heterocycles. The Morgan fingerprint density at radius 2 is 2.15 bits per heavy atom. The molecule has 1 fully saturated rings. The minimum atomic E-state index is 0.281. The van der Waals surface area contributed by atoms with Crippen molar-refractivity contribution in [2.24, 2.45) is 0 Å². The smallest absolute Gasteiger partial charge is 0.0858 e. The Bertz CT molecular complexity index is 394. The van der Waals surface area contributed by atoms with Gasteiger partial charge < -0.3 is 10.1 Å². The highest BCUT2D eigenvalue weighted by molar-refractivity contribution is 9.10. The minimum Gasteiger partial charge on any atom is -0.374 e. The molecule has 1 N–H and O–H groups in total. The first kappa shape index (κ1) is 16.0. The Kier molecular flexibility index (Phi) is 6.49. The number of rotatable bonds is 6. The zero-order valence-electron chi connectivity index (χ0n) is 12.4. The summed E-state index contributed by atoms with van der Waals surface area (Å²) in [4.78, 5) is 2.51. The summed E-state index contributed by atoms with van der Waals surface area (Å²) in [6.07, 6.45) is 2.50. The van der Waals surface area contributed by atoms with Gasteiger partial charge in [-0.25, -0.2) is 0 Å². The Labute approximate surface area is 130 Å². The van der Waals surface area contributed by atoms with Gasteiger partial charge in [0.25, 0.3) is 0 Å². The maximum atomic E-state index is 5.99. The van der Waals surface area contributed by atoms with E-state index in [-0.39, 0.29) is 6.10 Å². The van der Waals surface area contributed by atoms with Crippen LogP contribution >= 0.6 is 15.9 Å². The molecule has 0 amide bonds. The molecule has 20 heavy (non-hydrogen) atoms. The third-order valence-electron chi connectivity index (χ3n) is 3.91. The number of nitrogens with one attached hydrogen (secondary N) is 1. The van der Waals surface area contributed by atoms with Crippen LogP contribution in [0, 0.1) is 0 Å². The van der Waals surface area contributed by atoms with Crippen LogP contribution in [0.1, 0.15) is 18.9 Å². The molecule has 0 spiro atoms. The zero-order valence-corrected chi connectivity index (χ0v) is 14.0. The highest BCUT2D eigenvalue weighted by Crippen LogP contribution is 2.16. The molecule has 0 bridgehead atoms. The van der Waals surface area contributed by atoms with Crippen molar-refractivity contribution in [3.63, 3.8) is 0 Å². The van der Waals surface area contributed by atoms with E-state index in [0.29, 0.717) is 6.04 Å². The number of ether oxygens (including phenoxy) is 1. The molecule has 112 valence electrons. The second kappa shape index (κ2) is 8.13. The van der Waals surface area contributed by atoms with Gasteiger partial charge in [0.15, 0.2) is 0 Å². The third kappa shape index (κ3) is 4.55. The average Bonchev–Trinajstić information content (AvgIpc) is 2.47. The Morgan fingerprint density at radius 3 is 2.80 bits per heavy atom. The number of benzene rings is 1. The molecule has 1 aliphatic heterocycles. The number of hydrogen-bond acceptors (Lipinski definition) is 3. The summed E-state index contributed by atoms with van der Waals surface area (Å²) in [5.74, 6) is 0. The standard InChI is InChI=1S/C16H25BrN2O/c1-3-8-19-9-10-20-16(12-19)15(18-2)11-13-4-6-14(17)7-5-13/h4-7,15-16,18H,3,8-12H2,1-2H3. The lowest BCUT2D eigenvalue weighted by molar-refractivity contribution is -0.0450. The summed E-state index contributed by atoms with van der Waals surface area (Å²) in [7, 11) is 2.03. The van der Waals surface area contributed by atoms with E-state index in [0.717, 1.165) is 30.6 Å². The summed E-state index contributed by atoms with van der Waals surface area (Å²) in [5, 5.41) is 3.43. The normalized spacial score (nSPS) is 21.9. The van der Waals surface area contributed by atoms with Crippen LogP contribution in [0.25, 0.3) is 0 Å². The van der Waals surface area contributed by atoms with E-state index in [1.165, 1.54) is 18.5 Å². The lowest BCUT2D eigenvalue weighted by Gasteiger charge is -2.37. The highest BCUT2D eigenvalue weighted by Gasteiger charge is 2.26. The summed E-state index contributed by atoms with van der Waals surface area (Å²) in [6, 6.07) is 8.94. The van der Waals surface area contributed by atoms with Crippen LogP contribution in [0.15, 0.2) is 28.7 Å². The van der Waals surface area contributed by atoms with E-state index < -0.39 is 0 Å². The molecule has 1 aliphatic rings. The highest BCUT2D eigenvalue weighted by atomic mass is 79.9. The molecule has 4 heteroatoms. The maximum absolute atomic E-state index is 5.99. The second-order valence-electron chi connectivity index (χ2n) is 5.44. The second-order valence-corrected chi connectivity index (χ2v) is 6.35. The molecule has 1 aromatic rings. The van der Waals surface area contributed by atoms with Crippen LogP contribution in [0.2, 0.25) is 0 Å². The van der Waals surface area contributed by atoms with Gasteiger partial charge in [0.2, 0.25) is 0 Å². The molecule has 0 radical (unpaired) electrons. The Balaban J connectivity index is 1.95. The zero-order chi connectivity index (χ0) is 14.4. The molecule has 3 nitrogen and oxygen atoms in total. The van der Waals surface area contributed by atoms with Crippen molar-refractivity contribution in [2.45, 2.75) is 31.9 Å². The number of halogens is 1. The van der Waals surface area contributed by atoms with Crippen molar-refractivity contribution in [1.29, 1.82) is 0 Å². The largest absolute Gasteiger partial charge is 0.374 e. The van der Waals surface area contributed by atoms with Crippen molar-refractivity contribution in [3.8, 4) is 0 Å². The third-order valence-corrected chi connectivity index (χ3v) is 4.43. The summed E-state index contributed by atoms with van der Waals surface area (Å²) in [5.41, 5.74) is 1.35.